The first-order valence-corrected chi connectivity index (χ1v) is 6.04. The molecule has 1 atom stereocenters. The molecule has 0 aliphatic carbocycles. The Labute approximate surface area is 108 Å². The normalized spacial score (nSPS) is 11.7. The SMILES string of the molecule is C=C(C(=O)OC)C(CCCCCCO)C(=O)OC. The molecule has 0 aromatic heterocycles. The van der Waals surface area contributed by atoms with Gasteiger partial charge in [0.25, 0.3) is 0 Å². The molecular formula is C13H22O5. The van der Waals surface area contributed by atoms with Crippen LogP contribution >= 0.6 is 0 Å². The van der Waals surface area contributed by atoms with Gasteiger partial charge in [-0.05, 0) is 12.8 Å². The summed E-state index contributed by atoms with van der Waals surface area (Å²) in [5, 5.41) is 8.64. The molecule has 0 saturated carbocycles. The van der Waals surface area contributed by atoms with Crippen LogP contribution in [0.15, 0.2) is 12.2 Å². The molecule has 104 valence electrons. The third-order valence-electron chi connectivity index (χ3n) is 2.75. The number of aliphatic hydroxyl groups excluding tert-OH is 1. The van der Waals surface area contributed by atoms with E-state index in [2.05, 4.69) is 16.1 Å². The predicted octanol–water partition coefficient (Wildman–Crippen LogP) is 1.45. The fourth-order valence-electron chi connectivity index (χ4n) is 1.66. The van der Waals surface area contributed by atoms with Crippen LogP contribution in [-0.4, -0.2) is 37.9 Å². The Bertz CT molecular complexity index is 285. The summed E-state index contributed by atoms with van der Waals surface area (Å²) in [7, 11) is 2.54. The van der Waals surface area contributed by atoms with Crippen molar-refractivity contribution in [3.8, 4) is 0 Å². The minimum atomic E-state index is -0.642. The summed E-state index contributed by atoms with van der Waals surface area (Å²) < 4.78 is 9.21. The van der Waals surface area contributed by atoms with Crippen molar-refractivity contribution in [2.75, 3.05) is 20.8 Å². The zero-order chi connectivity index (χ0) is 14.0. The van der Waals surface area contributed by atoms with Gasteiger partial charge in [0.05, 0.1) is 20.1 Å². The van der Waals surface area contributed by atoms with Gasteiger partial charge in [0.15, 0.2) is 0 Å². The summed E-state index contributed by atoms with van der Waals surface area (Å²) in [6, 6.07) is 0. The number of carbonyl (C=O) groups excluding carboxylic acids is 2. The van der Waals surface area contributed by atoms with Gasteiger partial charge in [0.1, 0.15) is 0 Å². The Hall–Kier alpha value is -1.36. The van der Waals surface area contributed by atoms with E-state index in [4.69, 9.17) is 5.11 Å². The molecule has 0 heterocycles. The van der Waals surface area contributed by atoms with Crippen molar-refractivity contribution in [3.05, 3.63) is 12.2 Å². The summed E-state index contributed by atoms with van der Waals surface area (Å²) in [6.07, 6.45) is 3.82. The summed E-state index contributed by atoms with van der Waals surface area (Å²) in [5.74, 6) is -1.69. The van der Waals surface area contributed by atoms with Gasteiger partial charge in [-0.15, -0.1) is 0 Å². The van der Waals surface area contributed by atoms with Crippen molar-refractivity contribution in [2.24, 2.45) is 5.92 Å². The van der Waals surface area contributed by atoms with Gasteiger partial charge in [-0.2, -0.15) is 0 Å². The molecule has 0 aliphatic rings. The number of hydrogen-bond donors (Lipinski definition) is 1. The Morgan fingerprint density at radius 2 is 1.72 bits per heavy atom. The standard InChI is InChI=1S/C13H22O5/c1-10(12(15)17-2)11(13(16)18-3)8-6-4-5-7-9-14/h11,14H,1,4-9H2,2-3H3. The lowest BCUT2D eigenvalue weighted by Crippen LogP contribution is -2.23. The maximum absolute atomic E-state index is 11.6. The van der Waals surface area contributed by atoms with Gasteiger partial charge in [-0.3, -0.25) is 4.79 Å². The smallest absolute Gasteiger partial charge is 0.334 e. The van der Waals surface area contributed by atoms with Crippen LogP contribution in [0.3, 0.4) is 0 Å². The third kappa shape index (κ3) is 5.82. The van der Waals surface area contributed by atoms with Crippen molar-refractivity contribution in [1.29, 1.82) is 0 Å². The molecule has 0 saturated heterocycles. The van der Waals surface area contributed by atoms with Gasteiger partial charge < -0.3 is 14.6 Å². The van der Waals surface area contributed by atoms with Crippen molar-refractivity contribution >= 4 is 11.9 Å². The summed E-state index contributed by atoms with van der Waals surface area (Å²) in [4.78, 5) is 22.9. The number of hydrogen-bond acceptors (Lipinski definition) is 5. The molecule has 0 aliphatic heterocycles. The van der Waals surface area contributed by atoms with Crippen molar-refractivity contribution in [2.45, 2.75) is 32.1 Å². The summed E-state index contributed by atoms with van der Waals surface area (Å²) in [6.45, 7) is 3.77. The van der Waals surface area contributed by atoms with Gasteiger partial charge in [-0.1, -0.05) is 25.8 Å². The van der Waals surface area contributed by atoms with E-state index in [0.717, 1.165) is 25.7 Å². The van der Waals surface area contributed by atoms with Gasteiger partial charge in [0, 0.05) is 12.2 Å². The fourth-order valence-corrected chi connectivity index (χ4v) is 1.66. The average molecular weight is 258 g/mol. The highest BCUT2D eigenvalue weighted by Gasteiger charge is 2.26. The Morgan fingerprint density at radius 1 is 1.11 bits per heavy atom. The van der Waals surface area contributed by atoms with Crippen LogP contribution in [0, 0.1) is 5.92 Å². The number of esters is 2. The number of unbranched alkanes of at least 4 members (excludes halogenated alkanes) is 3. The zero-order valence-corrected chi connectivity index (χ0v) is 11.1. The molecule has 0 aromatic carbocycles. The monoisotopic (exact) mass is 258 g/mol. The van der Waals surface area contributed by atoms with Gasteiger partial charge >= 0.3 is 11.9 Å². The third-order valence-corrected chi connectivity index (χ3v) is 2.75. The van der Waals surface area contributed by atoms with Crippen LogP contribution in [0.4, 0.5) is 0 Å². The number of rotatable bonds is 9. The Balaban J connectivity index is 4.29. The average Bonchev–Trinajstić information content (AvgIpc) is 2.40. The first-order valence-electron chi connectivity index (χ1n) is 6.04. The number of carbonyl (C=O) groups is 2. The van der Waals surface area contributed by atoms with E-state index in [1.165, 1.54) is 14.2 Å². The second-order valence-corrected chi connectivity index (χ2v) is 4.02. The van der Waals surface area contributed by atoms with Crippen molar-refractivity contribution in [1.82, 2.24) is 0 Å². The molecular weight excluding hydrogens is 236 g/mol. The Morgan fingerprint density at radius 3 is 2.22 bits per heavy atom. The first-order chi connectivity index (χ1) is 8.58. The highest BCUT2D eigenvalue weighted by Crippen LogP contribution is 2.20. The van der Waals surface area contributed by atoms with E-state index in [-0.39, 0.29) is 12.2 Å². The van der Waals surface area contributed by atoms with Crippen LogP contribution in [0.5, 0.6) is 0 Å². The van der Waals surface area contributed by atoms with Crippen molar-refractivity contribution in [3.63, 3.8) is 0 Å². The molecule has 0 fully saturated rings. The number of methoxy groups -OCH3 is 2. The summed E-state index contributed by atoms with van der Waals surface area (Å²) >= 11 is 0. The molecule has 0 spiro atoms. The lowest BCUT2D eigenvalue weighted by Gasteiger charge is -2.15. The van der Waals surface area contributed by atoms with Gasteiger partial charge in [-0.25, -0.2) is 4.79 Å². The van der Waals surface area contributed by atoms with Gasteiger partial charge in [0.2, 0.25) is 0 Å². The van der Waals surface area contributed by atoms with E-state index in [0.29, 0.717) is 6.42 Å². The molecule has 5 heteroatoms. The second kappa shape index (κ2) is 9.65. The molecule has 0 aromatic rings. The summed E-state index contributed by atoms with van der Waals surface area (Å²) in [5.41, 5.74) is 0.131. The first kappa shape index (κ1) is 16.6. The zero-order valence-electron chi connectivity index (χ0n) is 11.1. The lowest BCUT2D eigenvalue weighted by atomic mass is 9.94. The molecule has 1 N–H and O–H groups in total. The molecule has 0 amide bonds. The van der Waals surface area contributed by atoms with Crippen LogP contribution in [0.1, 0.15) is 32.1 Å². The largest absolute Gasteiger partial charge is 0.469 e. The maximum atomic E-state index is 11.6. The molecule has 1 unspecified atom stereocenters. The van der Waals surface area contributed by atoms with E-state index >= 15 is 0 Å². The minimum Gasteiger partial charge on any atom is -0.469 e. The molecule has 0 rings (SSSR count). The van der Waals surface area contributed by atoms with Crippen LogP contribution in [-0.2, 0) is 19.1 Å². The highest BCUT2D eigenvalue weighted by molar-refractivity contribution is 5.94. The molecule has 0 bridgehead atoms. The number of ether oxygens (including phenoxy) is 2. The molecule has 0 radical (unpaired) electrons. The Kier molecular flexibility index (Phi) is 8.92. The van der Waals surface area contributed by atoms with Crippen molar-refractivity contribution < 1.29 is 24.2 Å². The van der Waals surface area contributed by atoms with E-state index in [1.807, 2.05) is 0 Å². The number of aliphatic hydroxyl groups is 1. The second-order valence-electron chi connectivity index (χ2n) is 4.02. The van der Waals surface area contributed by atoms with Crippen LogP contribution < -0.4 is 0 Å². The molecule has 5 nitrogen and oxygen atoms in total. The maximum Gasteiger partial charge on any atom is 0.334 e. The van der Waals surface area contributed by atoms with E-state index < -0.39 is 17.9 Å². The van der Waals surface area contributed by atoms with Crippen LogP contribution in [0.25, 0.3) is 0 Å². The minimum absolute atomic E-state index is 0.131. The quantitative estimate of drug-likeness (QED) is 0.385. The predicted molar refractivity (Wildman–Crippen MR) is 66.8 cm³/mol. The molecule has 18 heavy (non-hydrogen) atoms. The highest BCUT2D eigenvalue weighted by atomic mass is 16.5. The lowest BCUT2D eigenvalue weighted by molar-refractivity contribution is -0.147. The van der Waals surface area contributed by atoms with Crippen LogP contribution in [0.2, 0.25) is 0 Å². The van der Waals surface area contributed by atoms with E-state index in [1.54, 1.807) is 0 Å². The fraction of sp³-hybridized carbons (Fsp3) is 0.692. The van der Waals surface area contributed by atoms with E-state index in [9.17, 15) is 9.59 Å². The topological polar surface area (TPSA) is 72.8 Å².